The van der Waals surface area contributed by atoms with Crippen LogP contribution < -0.4 is 0 Å². The molecule has 0 unspecified atom stereocenters. The average Bonchev–Trinajstić information content (AvgIpc) is 2.03. The lowest BCUT2D eigenvalue weighted by molar-refractivity contribution is -0.415. The van der Waals surface area contributed by atoms with E-state index in [0.717, 1.165) is 12.2 Å². The van der Waals surface area contributed by atoms with Crippen LogP contribution in [0, 0.1) is 10.1 Å². The van der Waals surface area contributed by atoms with Crippen LogP contribution in [0.15, 0.2) is 23.6 Å². The van der Waals surface area contributed by atoms with Crippen molar-refractivity contribution in [2.45, 2.75) is 6.42 Å². The highest BCUT2D eigenvalue weighted by molar-refractivity contribution is 7.73. The van der Waals surface area contributed by atoms with Crippen molar-refractivity contribution in [3.8, 4) is 0 Å². The van der Waals surface area contributed by atoms with E-state index in [4.69, 9.17) is 5.11 Å². The van der Waals surface area contributed by atoms with Crippen molar-refractivity contribution in [3.63, 3.8) is 0 Å². The van der Waals surface area contributed by atoms with E-state index in [2.05, 4.69) is 0 Å². The minimum atomic E-state index is -2.67. The first kappa shape index (κ1) is 9.46. The highest BCUT2D eigenvalue weighted by Gasteiger charge is 2.24. The Kier molecular flexibility index (Phi) is 2.47. The molecular formula is C6H5NO5S. The van der Waals surface area contributed by atoms with E-state index < -0.39 is 25.8 Å². The fraction of sp³-hybridized carbons (Fsp3) is 0.167. The molecule has 0 aromatic rings. The highest BCUT2D eigenvalue weighted by Crippen LogP contribution is 2.13. The molecule has 0 bridgehead atoms. The van der Waals surface area contributed by atoms with Gasteiger partial charge in [-0.05, 0) is 6.08 Å². The smallest absolute Gasteiger partial charge is 0.288 e. The summed E-state index contributed by atoms with van der Waals surface area (Å²) in [4.78, 5) is 9.11. The number of aliphatic hydroxyl groups is 1. The van der Waals surface area contributed by atoms with E-state index in [-0.39, 0.29) is 12.2 Å². The Balaban J connectivity index is 3.32. The molecule has 0 saturated carbocycles. The van der Waals surface area contributed by atoms with Gasteiger partial charge in [0.25, 0.3) is 5.70 Å². The summed E-state index contributed by atoms with van der Waals surface area (Å²) in [6.07, 6.45) is 1.75. The summed E-state index contributed by atoms with van der Waals surface area (Å²) < 4.78 is 21.0. The second kappa shape index (κ2) is 3.40. The zero-order valence-electron chi connectivity index (χ0n) is 6.30. The van der Waals surface area contributed by atoms with Crippen molar-refractivity contribution in [2.75, 3.05) is 0 Å². The van der Waals surface area contributed by atoms with Crippen molar-refractivity contribution in [1.82, 2.24) is 0 Å². The lowest BCUT2D eigenvalue weighted by Gasteiger charge is -2.03. The van der Waals surface area contributed by atoms with Crippen LogP contribution in [0.3, 0.4) is 0 Å². The third-order valence-electron chi connectivity index (χ3n) is 1.46. The number of hydrogen-bond donors (Lipinski definition) is 1. The second-order valence-electron chi connectivity index (χ2n) is 2.30. The summed E-state index contributed by atoms with van der Waals surface area (Å²) in [5, 5.41) is 19.2. The lowest BCUT2D eigenvalue weighted by Crippen LogP contribution is -2.15. The van der Waals surface area contributed by atoms with Gasteiger partial charge in [0.05, 0.1) is 17.1 Å². The van der Waals surface area contributed by atoms with Crippen molar-refractivity contribution >= 4 is 15.2 Å². The molecule has 1 rings (SSSR count). The molecule has 0 atom stereocenters. The van der Waals surface area contributed by atoms with E-state index in [0.29, 0.717) is 0 Å². The molecule has 1 aliphatic carbocycles. The quantitative estimate of drug-likeness (QED) is 0.368. The molecule has 0 aromatic heterocycles. The van der Waals surface area contributed by atoms with Gasteiger partial charge in [-0.3, -0.25) is 10.1 Å². The van der Waals surface area contributed by atoms with Crippen LogP contribution in [0.25, 0.3) is 0 Å². The van der Waals surface area contributed by atoms with E-state index in [1.165, 1.54) is 0 Å². The summed E-state index contributed by atoms with van der Waals surface area (Å²) in [6, 6.07) is 0. The maximum Gasteiger partial charge on any atom is 0.288 e. The molecule has 0 amide bonds. The van der Waals surface area contributed by atoms with Crippen molar-refractivity contribution in [1.29, 1.82) is 0 Å². The largest absolute Gasteiger partial charge is 0.512 e. The maximum absolute atomic E-state index is 10.5. The SMILES string of the molecule is O=[N+]([O-])C1=CC=C(O)CC1=S(=O)=O. The van der Waals surface area contributed by atoms with Crippen molar-refractivity contribution in [2.24, 2.45) is 0 Å². The standard InChI is InChI=1S/C6H5NO5S/c8-4-1-2-5(7(9)10)6(3-4)13(11)12/h1-2,8H,3H2. The van der Waals surface area contributed by atoms with E-state index in [9.17, 15) is 18.5 Å². The lowest BCUT2D eigenvalue weighted by atomic mass is 10.1. The third kappa shape index (κ3) is 1.94. The minimum absolute atomic E-state index is 0.204. The molecule has 70 valence electrons. The van der Waals surface area contributed by atoms with Gasteiger partial charge < -0.3 is 5.11 Å². The van der Waals surface area contributed by atoms with Gasteiger partial charge in [-0.1, -0.05) is 0 Å². The summed E-state index contributed by atoms with van der Waals surface area (Å²) in [5.41, 5.74) is -0.494. The summed E-state index contributed by atoms with van der Waals surface area (Å²) in [7, 11) is -2.67. The number of nitrogens with zero attached hydrogens (tertiary/aromatic N) is 1. The maximum atomic E-state index is 10.5. The topological polar surface area (TPSA) is 97.5 Å². The number of hydrogen-bond acceptors (Lipinski definition) is 5. The predicted molar refractivity (Wildman–Crippen MR) is 44.3 cm³/mol. The zero-order chi connectivity index (χ0) is 10.0. The molecule has 6 nitrogen and oxygen atoms in total. The van der Waals surface area contributed by atoms with Gasteiger partial charge in [0, 0.05) is 6.08 Å². The molecule has 13 heavy (non-hydrogen) atoms. The fourth-order valence-electron chi connectivity index (χ4n) is 0.889. The highest BCUT2D eigenvalue weighted by atomic mass is 32.2. The fourth-order valence-corrected chi connectivity index (χ4v) is 1.47. The Morgan fingerprint density at radius 3 is 2.54 bits per heavy atom. The summed E-state index contributed by atoms with van der Waals surface area (Å²) in [6.45, 7) is 0. The minimum Gasteiger partial charge on any atom is -0.512 e. The van der Waals surface area contributed by atoms with Crippen LogP contribution in [0.4, 0.5) is 0 Å². The molecule has 1 N–H and O–H groups in total. The van der Waals surface area contributed by atoms with Gasteiger partial charge in [-0.15, -0.1) is 0 Å². The Hall–Kier alpha value is -1.63. The van der Waals surface area contributed by atoms with Gasteiger partial charge in [0.15, 0.2) is 4.86 Å². The van der Waals surface area contributed by atoms with Gasteiger partial charge >= 0.3 is 0 Å². The molecular weight excluding hydrogens is 198 g/mol. The number of allylic oxidation sites excluding steroid dienone is 4. The molecule has 1 aliphatic rings. The van der Waals surface area contributed by atoms with Gasteiger partial charge in [0.2, 0.25) is 10.3 Å². The van der Waals surface area contributed by atoms with E-state index in [1.54, 1.807) is 0 Å². The average molecular weight is 203 g/mol. The number of rotatable bonds is 1. The van der Waals surface area contributed by atoms with Gasteiger partial charge in [0.1, 0.15) is 0 Å². The predicted octanol–water partition coefficient (Wildman–Crippen LogP) is 0.0441. The van der Waals surface area contributed by atoms with Gasteiger partial charge in [-0.2, -0.15) is 8.42 Å². The van der Waals surface area contributed by atoms with Crippen molar-refractivity contribution < 1.29 is 18.4 Å². The monoisotopic (exact) mass is 203 g/mol. The summed E-state index contributed by atoms with van der Waals surface area (Å²) >= 11 is 0. The van der Waals surface area contributed by atoms with Crippen LogP contribution in [0.1, 0.15) is 6.42 Å². The first-order valence-electron chi connectivity index (χ1n) is 3.22. The normalized spacial score (nSPS) is 16.2. The number of nitro groups is 1. The molecule has 0 aromatic carbocycles. The van der Waals surface area contributed by atoms with E-state index >= 15 is 0 Å². The molecule has 7 heteroatoms. The second-order valence-corrected chi connectivity index (χ2v) is 3.26. The van der Waals surface area contributed by atoms with Crippen LogP contribution in [-0.2, 0) is 10.3 Å². The van der Waals surface area contributed by atoms with Crippen LogP contribution in [-0.4, -0.2) is 23.3 Å². The third-order valence-corrected chi connectivity index (χ3v) is 2.21. The Morgan fingerprint density at radius 2 is 2.08 bits per heavy atom. The summed E-state index contributed by atoms with van der Waals surface area (Å²) in [5.74, 6) is -0.204. The van der Waals surface area contributed by atoms with Crippen molar-refractivity contribution in [3.05, 3.63) is 33.7 Å². The molecule has 0 spiro atoms. The molecule has 0 saturated heterocycles. The Labute approximate surface area is 74.5 Å². The Morgan fingerprint density at radius 1 is 1.46 bits per heavy atom. The molecule has 0 fully saturated rings. The van der Waals surface area contributed by atoms with Crippen LogP contribution in [0.5, 0.6) is 0 Å². The first-order valence-corrected chi connectivity index (χ1v) is 4.29. The molecule has 0 heterocycles. The first-order chi connectivity index (χ1) is 6.02. The van der Waals surface area contributed by atoms with Crippen LogP contribution in [0.2, 0.25) is 0 Å². The van der Waals surface area contributed by atoms with Crippen LogP contribution >= 0.6 is 0 Å². The zero-order valence-corrected chi connectivity index (χ0v) is 7.11. The molecule has 0 aliphatic heterocycles. The van der Waals surface area contributed by atoms with Gasteiger partial charge in [-0.25, -0.2) is 0 Å². The van der Waals surface area contributed by atoms with E-state index in [1.807, 2.05) is 0 Å². The number of aliphatic hydroxyl groups excluding tert-OH is 1. The molecule has 0 radical (unpaired) electrons. The Bertz CT molecular complexity index is 434.